The van der Waals surface area contributed by atoms with Crippen molar-refractivity contribution in [1.82, 2.24) is 0 Å². The maximum Gasteiger partial charge on any atom is 0.258 e. The monoisotopic (exact) mass is 299 g/mol. The van der Waals surface area contributed by atoms with Crippen LogP contribution in [0.15, 0.2) is 54.6 Å². The standard InChI is InChI=1S/C21H17NO/c23-21(22-13-12-14-4-1-2-7-19(14)22)18-11-10-16-9-8-15-5-3-6-17(18)20(15)16/h1-7,10-11H,8-9,12-13H2. The number of carbonyl (C=O) groups is 1. The van der Waals surface area contributed by atoms with Gasteiger partial charge in [0.1, 0.15) is 0 Å². The van der Waals surface area contributed by atoms with Crippen molar-refractivity contribution >= 4 is 22.4 Å². The highest BCUT2D eigenvalue weighted by atomic mass is 16.2. The Morgan fingerprint density at radius 2 is 1.57 bits per heavy atom. The molecule has 0 bridgehead atoms. The van der Waals surface area contributed by atoms with Crippen molar-refractivity contribution in [3.8, 4) is 0 Å². The summed E-state index contributed by atoms with van der Waals surface area (Å²) in [6.07, 6.45) is 3.14. The van der Waals surface area contributed by atoms with Gasteiger partial charge in [0, 0.05) is 17.8 Å². The first-order valence-corrected chi connectivity index (χ1v) is 8.26. The van der Waals surface area contributed by atoms with Crippen LogP contribution >= 0.6 is 0 Å². The van der Waals surface area contributed by atoms with Crippen LogP contribution in [0.25, 0.3) is 10.8 Å². The molecule has 1 heterocycles. The first kappa shape index (κ1) is 12.9. The highest BCUT2D eigenvalue weighted by Gasteiger charge is 2.27. The summed E-state index contributed by atoms with van der Waals surface area (Å²) in [4.78, 5) is 15.1. The summed E-state index contributed by atoms with van der Waals surface area (Å²) in [5.74, 6) is 0.130. The van der Waals surface area contributed by atoms with Crippen molar-refractivity contribution in [3.63, 3.8) is 0 Å². The van der Waals surface area contributed by atoms with E-state index in [9.17, 15) is 4.79 Å². The van der Waals surface area contributed by atoms with Crippen LogP contribution in [0.5, 0.6) is 0 Å². The molecule has 2 nitrogen and oxygen atoms in total. The van der Waals surface area contributed by atoms with Crippen LogP contribution in [0.2, 0.25) is 0 Å². The Balaban J connectivity index is 1.66. The molecule has 1 aliphatic carbocycles. The second kappa shape index (κ2) is 4.69. The van der Waals surface area contributed by atoms with Crippen molar-refractivity contribution in [2.24, 2.45) is 0 Å². The molecule has 1 amide bonds. The molecule has 112 valence electrons. The van der Waals surface area contributed by atoms with Gasteiger partial charge in [-0.3, -0.25) is 4.79 Å². The molecule has 3 aromatic carbocycles. The van der Waals surface area contributed by atoms with E-state index in [0.29, 0.717) is 0 Å². The van der Waals surface area contributed by atoms with Gasteiger partial charge in [-0.05, 0) is 58.9 Å². The molecule has 0 atom stereocenters. The Bertz CT molecular complexity index is 947. The first-order chi connectivity index (χ1) is 11.3. The normalized spacial score (nSPS) is 15.2. The highest BCUT2D eigenvalue weighted by Crippen LogP contribution is 2.35. The molecular formula is C21H17NO. The molecule has 0 aromatic heterocycles. The van der Waals surface area contributed by atoms with Crippen LogP contribution in [0.4, 0.5) is 5.69 Å². The van der Waals surface area contributed by atoms with Gasteiger partial charge in [-0.15, -0.1) is 0 Å². The van der Waals surface area contributed by atoms with Crippen molar-refractivity contribution < 1.29 is 4.79 Å². The third kappa shape index (κ3) is 1.78. The number of hydrogen-bond acceptors (Lipinski definition) is 1. The van der Waals surface area contributed by atoms with Crippen molar-refractivity contribution in [2.75, 3.05) is 11.4 Å². The summed E-state index contributed by atoms with van der Waals surface area (Å²) in [5, 5.41) is 2.43. The van der Waals surface area contributed by atoms with E-state index in [4.69, 9.17) is 0 Å². The molecule has 1 aliphatic heterocycles. The second-order valence-corrected chi connectivity index (χ2v) is 6.45. The van der Waals surface area contributed by atoms with Gasteiger partial charge >= 0.3 is 0 Å². The van der Waals surface area contributed by atoms with E-state index in [1.807, 2.05) is 23.1 Å². The van der Waals surface area contributed by atoms with Crippen molar-refractivity contribution in [2.45, 2.75) is 19.3 Å². The lowest BCUT2D eigenvalue weighted by atomic mass is 9.99. The summed E-state index contributed by atoms with van der Waals surface area (Å²) in [6.45, 7) is 0.779. The number of benzene rings is 3. The molecule has 2 heteroatoms. The van der Waals surface area contributed by atoms with E-state index in [1.165, 1.54) is 22.1 Å². The fourth-order valence-corrected chi connectivity index (χ4v) is 4.13. The average Bonchev–Trinajstić information content (AvgIpc) is 3.20. The third-order valence-electron chi connectivity index (χ3n) is 5.24. The summed E-state index contributed by atoms with van der Waals surface area (Å²) in [5.41, 5.74) is 5.94. The van der Waals surface area contributed by atoms with E-state index >= 15 is 0 Å². The van der Waals surface area contributed by atoms with Gasteiger partial charge in [0.15, 0.2) is 0 Å². The maximum atomic E-state index is 13.2. The van der Waals surface area contributed by atoms with E-state index in [1.54, 1.807) is 0 Å². The number of rotatable bonds is 1. The molecule has 3 aromatic rings. The minimum Gasteiger partial charge on any atom is -0.308 e. The molecule has 23 heavy (non-hydrogen) atoms. The van der Waals surface area contributed by atoms with Gasteiger partial charge in [-0.1, -0.05) is 42.5 Å². The number of anilines is 1. The molecular weight excluding hydrogens is 282 g/mol. The summed E-state index contributed by atoms with van der Waals surface area (Å²) in [7, 11) is 0. The Morgan fingerprint density at radius 3 is 2.48 bits per heavy atom. The largest absolute Gasteiger partial charge is 0.308 e. The Hall–Kier alpha value is -2.61. The number of nitrogens with zero attached hydrogens (tertiary/aromatic N) is 1. The third-order valence-corrected chi connectivity index (χ3v) is 5.24. The smallest absolute Gasteiger partial charge is 0.258 e. The van der Waals surface area contributed by atoms with Gasteiger partial charge in [-0.2, -0.15) is 0 Å². The van der Waals surface area contributed by atoms with Gasteiger partial charge in [0.05, 0.1) is 0 Å². The van der Waals surface area contributed by atoms with Gasteiger partial charge < -0.3 is 4.90 Å². The predicted octanol–water partition coefficient (Wildman–Crippen LogP) is 4.14. The maximum absolute atomic E-state index is 13.2. The summed E-state index contributed by atoms with van der Waals surface area (Å²) < 4.78 is 0. The molecule has 0 spiro atoms. The molecule has 0 fully saturated rings. The number of carbonyl (C=O) groups excluding carboxylic acids is 1. The first-order valence-electron chi connectivity index (χ1n) is 8.26. The number of hydrogen-bond donors (Lipinski definition) is 0. The number of para-hydroxylation sites is 1. The summed E-state index contributed by atoms with van der Waals surface area (Å²) in [6, 6.07) is 18.8. The van der Waals surface area contributed by atoms with Gasteiger partial charge in [-0.25, -0.2) is 0 Å². The predicted molar refractivity (Wildman–Crippen MR) is 93.2 cm³/mol. The number of fused-ring (bicyclic) bond motifs is 1. The minimum atomic E-state index is 0.130. The van der Waals surface area contributed by atoms with Crippen LogP contribution in [-0.2, 0) is 19.3 Å². The SMILES string of the molecule is O=C(c1ccc2c3c(cccc13)CC2)N1CCc2ccccc21. The molecule has 0 radical (unpaired) electrons. The lowest BCUT2D eigenvalue weighted by Gasteiger charge is -2.19. The molecule has 0 saturated carbocycles. The number of amides is 1. The molecule has 0 saturated heterocycles. The van der Waals surface area contributed by atoms with Crippen LogP contribution in [0.3, 0.4) is 0 Å². The lowest BCUT2D eigenvalue weighted by Crippen LogP contribution is -2.29. The van der Waals surface area contributed by atoms with Gasteiger partial charge in [0.25, 0.3) is 5.91 Å². The minimum absolute atomic E-state index is 0.130. The van der Waals surface area contributed by atoms with E-state index < -0.39 is 0 Å². The number of aryl methyl sites for hydroxylation is 2. The zero-order valence-electron chi connectivity index (χ0n) is 12.9. The second-order valence-electron chi connectivity index (χ2n) is 6.45. The van der Waals surface area contributed by atoms with E-state index in [-0.39, 0.29) is 5.91 Å². The zero-order chi connectivity index (χ0) is 15.4. The fraction of sp³-hybridized carbons (Fsp3) is 0.190. The van der Waals surface area contributed by atoms with Gasteiger partial charge in [0.2, 0.25) is 0 Å². The zero-order valence-corrected chi connectivity index (χ0v) is 12.9. The van der Waals surface area contributed by atoms with Crippen LogP contribution in [0, 0.1) is 0 Å². The lowest BCUT2D eigenvalue weighted by molar-refractivity contribution is 0.0991. The van der Waals surface area contributed by atoms with Crippen molar-refractivity contribution in [3.05, 3.63) is 76.9 Å². The van der Waals surface area contributed by atoms with E-state index in [2.05, 4.69) is 36.4 Å². The summed E-state index contributed by atoms with van der Waals surface area (Å²) >= 11 is 0. The Kier molecular flexibility index (Phi) is 2.63. The average molecular weight is 299 g/mol. The molecule has 5 rings (SSSR count). The molecule has 0 N–H and O–H groups in total. The van der Waals surface area contributed by atoms with Crippen LogP contribution < -0.4 is 4.90 Å². The highest BCUT2D eigenvalue weighted by molar-refractivity contribution is 6.15. The molecule has 0 unspecified atom stereocenters. The fourth-order valence-electron chi connectivity index (χ4n) is 4.13. The Labute approximate surface area is 135 Å². The van der Waals surface area contributed by atoms with E-state index in [0.717, 1.165) is 42.4 Å². The molecule has 2 aliphatic rings. The topological polar surface area (TPSA) is 20.3 Å². The van der Waals surface area contributed by atoms with Crippen LogP contribution in [0.1, 0.15) is 27.0 Å². The van der Waals surface area contributed by atoms with Crippen molar-refractivity contribution in [1.29, 1.82) is 0 Å². The van der Waals surface area contributed by atoms with Crippen LogP contribution in [-0.4, -0.2) is 12.5 Å². The Morgan fingerprint density at radius 1 is 0.783 bits per heavy atom. The quantitative estimate of drug-likeness (QED) is 0.661.